The summed E-state index contributed by atoms with van der Waals surface area (Å²) < 4.78 is 5.42. The van der Waals surface area contributed by atoms with Crippen LogP contribution in [0.3, 0.4) is 0 Å². The van der Waals surface area contributed by atoms with Gasteiger partial charge in [0.2, 0.25) is 0 Å². The van der Waals surface area contributed by atoms with Gasteiger partial charge in [-0.15, -0.1) is 0 Å². The van der Waals surface area contributed by atoms with Crippen molar-refractivity contribution in [3.8, 4) is 0 Å². The fraction of sp³-hybridized carbons (Fsp3) is 0.417. The molecule has 15 heavy (non-hydrogen) atoms. The van der Waals surface area contributed by atoms with E-state index < -0.39 is 0 Å². The Morgan fingerprint density at radius 3 is 3.13 bits per heavy atom. The summed E-state index contributed by atoms with van der Waals surface area (Å²) in [5.74, 6) is 1.61. The van der Waals surface area contributed by atoms with Gasteiger partial charge in [-0.25, -0.2) is 4.98 Å². The Bertz CT molecular complexity index is 485. The number of rotatable bonds is 3. The molecule has 1 aliphatic carbocycles. The Hall–Kier alpha value is -1.51. The van der Waals surface area contributed by atoms with Crippen LogP contribution in [0.25, 0.3) is 11.1 Å². The first-order valence-electron chi connectivity index (χ1n) is 5.42. The van der Waals surface area contributed by atoms with E-state index in [2.05, 4.69) is 16.4 Å². The molecule has 0 spiro atoms. The van der Waals surface area contributed by atoms with E-state index >= 15 is 0 Å². The highest BCUT2D eigenvalue weighted by Gasteiger charge is 2.20. The second-order valence-electron chi connectivity index (χ2n) is 4.24. The van der Waals surface area contributed by atoms with Crippen molar-refractivity contribution in [3.05, 3.63) is 24.1 Å². The van der Waals surface area contributed by atoms with Gasteiger partial charge in [0, 0.05) is 19.2 Å². The van der Waals surface area contributed by atoms with Crippen LogP contribution in [-0.4, -0.2) is 11.5 Å². The van der Waals surface area contributed by atoms with Gasteiger partial charge in [0.25, 0.3) is 0 Å². The summed E-state index contributed by atoms with van der Waals surface area (Å²) in [6.45, 7) is 2.96. The minimum atomic E-state index is 0.726. The highest BCUT2D eigenvalue weighted by molar-refractivity contribution is 5.77. The number of oxazole rings is 1. The van der Waals surface area contributed by atoms with E-state index in [4.69, 9.17) is 4.42 Å². The number of hydrogen-bond donors (Lipinski definition) is 1. The lowest BCUT2D eigenvalue weighted by Gasteiger charge is -2.03. The van der Waals surface area contributed by atoms with Crippen LogP contribution >= 0.6 is 0 Å². The first-order chi connectivity index (χ1) is 7.31. The molecule has 0 unspecified atom stereocenters. The maximum atomic E-state index is 5.42. The largest absolute Gasteiger partial charge is 0.441 e. The Balaban J connectivity index is 1.84. The van der Waals surface area contributed by atoms with Crippen LogP contribution in [0.2, 0.25) is 0 Å². The third-order valence-electron chi connectivity index (χ3n) is 2.79. The lowest BCUT2D eigenvalue weighted by Crippen LogP contribution is -2.02. The molecule has 3 rings (SSSR count). The third-order valence-corrected chi connectivity index (χ3v) is 2.79. The molecule has 0 radical (unpaired) electrons. The van der Waals surface area contributed by atoms with E-state index in [9.17, 15) is 0 Å². The topological polar surface area (TPSA) is 38.1 Å². The maximum Gasteiger partial charge on any atom is 0.192 e. The molecule has 3 heteroatoms. The zero-order chi connectivity index (χ0) is 10.3. The molecule has 0 saturated heterocycles. The number of benzene rings is 1. The maximum absolute atomic E-state index is 5.42. The van der Waals surface area contributed by atoms with Crippen LogP contribution in [0.1, 0.15) is 18.7 Å². The van der Waals surface area contributed by atoms with E-state index in [0.29, 0.717) is 0 Å². The van der Waals surface area contributed by atoms with Gasteiger partial charge >= 0.3 is 0 Å². The Morgan fingerprint density at radius 1 is 1.47 bits per heavy atom. The van der Waals surface area contributed by atoms with E-state index in [1.165, 1.54) is 12.8 Å². The quantitative estimate of drug-likeness (QED) is 0.831. The monoisotopic (exact) mass is 202 g/mol. The lowest BCUT2D eigenvalue weighted by atomic mass is 10.3. The highest BCUT2D eigenvalue weighted by Crippen LogP contribution is 2.29. The van der Waals surface area contributed by atoms with Gasteiger partial charge in [-0.2, -0.15) is 0 Å². The number of fused-ring (bicyclic) bond motifs is 1. The van der Waals surface area contributed by atoms with Gasteiger partial charge in [0.1, 0.15) is 5.52 Å². The predicted molar refractivity (Wildman–Crippen MR) is 60.0 cm³/mol. The van der Waals surface area contributed by atoms with Crippen molar-refractivity contribution in [2.45, 2.75) is 19.8 Å². The fourth-order valence-electron chi connectivity index (χ4n) is 1.74. The lowest BCUT2D eigenvalue weighted by molar-refractivity contribution is 0.561. The van der Waals surface area contributed by atoms with E-state index in [-0.39, 0.29) is 0 Å². The van der Waals surface area contributed by atoms with Gasteiger partial charge in [0.05, 0.1) is 0 Å². The minimum Gasteiger partial charge on any atom is -0.441 e. The van der Waals surface area contributed by atoms with Crippen molar-refractivity contribution in [3.63, 3.8) is 0 Å². The Labute approximate surface area is 88.5 Å². The average Bonchev–Trinajstić information content (AvgIpc) is 2.96. The van der Waals surface area contributed by atoms with Crippen LogP contribution in [0.4, 0.5) is 5.69 Å². The molecule has 0 atom stereocenters. The van der Waals surface area contributed by atoms with Crippen LogP contribution in [0, 0.1) is 12.8 Å². The van der Waals surface area contributed by atoms with Crippen molar-refractivity contribution in [2.24, 2.45) is 5.92 Å². The number of aryl methyl sites for hydroxylation is 1. The summed E-state index contributed by atoms with van der Waals surface area (Å²) >= 11 is 0. The van der Waals surface area contributed by atoms with Gasteiger partial charge in [-0.1, -0.05) is 0 Å². The summed E-state index contributed by atoms with van der Waals surface area (Å²) in [5.41, 5.74) is 2.94. The molecule has 1 saturated carbocycles. The molecule has 1 heterocycles. The SMILES string of the molecule is Cc1nc2cc(NCC3CC3)ccc2o1. The molecule has 0 amide bonds. The summed E-state index contributed by atoms with van der Waals surface area (Å²) in [6, 6.07) is 6.08. The molecule has 1 N–H and O–H groups in total. The summed E-state index contributed by atoms with van der Waals surface area (Å²) in [5, 5.41) is 3.43. The molecule has 0 bridgehead atoms. The summed E-state index contributed by atoms with van der Waals surface area (Å²) in [6.07, 6.45) is 2.75. The normalized spacial score (nSPS) is 15.8. The van der Waals surface area contributed by atoms with E-state index in [1.54, 1.807) is 0 Å². The predicted octanol–water partition coefficient (Wildman–Crippen LogP) is 2.96. The molecule has 3 nitrogen and oxygen atoms in total. The molecule has 1 aromatic heterocycles. The highest BCUT2D eigenvalue weighted by atomic mass is 16.3. The van der Waals surface area contributed by atoms with Gasteiger partial charge in [-0.05, 0) is 37.0 Å². The Kier molecular flexibility index (Phi) is 1.91. The molecular formula is C12H14N2O. The van der Waals surface area contributed by atoms with Gasteiger partial charge in [-0.3, -0.25) is 0 Å². The van der Waals surface area contributed by atoms with Gasteiger partial charge in [0.15, 0.2) is 11.5 Å². The van der Waals surface area contributed by atoms with Crippen molar-refractivity contribution >= 4 is 16.8 Å². The van der Waals surface area contributed by atoms with Crippen molar-refractivity contribution < 1.29 is 4.42 Å². The van der Waals surface area contributed by atoms with Crippen LogP contribution in [-0.2, 0) is 0 Å². The van der Waals surface area contributed by atoms with E-state index in [1.807, 2.05) is 19.1 Å². The Morgan fingerprint density at radius 2 is 2.33 bits per heavy atom. The molecule has 1 aromatic carbocycles. The summed E-state index contributed by atoms with van der Waals surface area (Å²) in [4.78, 5) is 4.31. The van der Waals surface area contributed by atoms with Crippen LogP contribution in [0.5, 0.6) is 0 Å². The molecular weight excluding hydrogens is 188 g/mol. The first-order valence-corrected chi connectivity index (χ1v) is 5.42. The third kappa shape index (κ3) is 1.82. The summed E-state index contributed by atoms with van der Waals surface area (Å²) in [7, 11) is 0. The second kappa shape index (κ2) is 3.26. The molecule has 0 aliphatic heterocycles. The molecule has 1 aliphatic rings. The van der Waals surface area contributed by atoms with E-state index in [0.717, 1.165) is 35.1 Å². The number of nitrogens with one attached hydrogen (secondary N) is 1. The average molecular weight is 202 g/mol. The smallest absolute Gasteiger partial charge is 0.192 e. The molecule has 78 valence electrons. The zero-order valence-electron chi connectivity index (χ0n) is 8.79. The van der Waals surface area contributed by atoms with Gasteiger partial charge < -0.3 is 9.73 Å². The van der Waals surface area contributed by atoms with Crippen LogP contribution in [0.15, 0.2) is 22.6 Å². The standard InChI is InChI=1S/C12H14N2O/c1-8-14-11-6-10(4-5-12(11)15-8)13-7-9-2-3-9/h4-6,9,13H,2-3,7H2,1H3. The first kappa shape index (κ1) is 8.77. The number of anilines is 1. The molecule has 1 fully saturated rings. The van der Waals surface area contributed by atoms with Crippen molar-refractivity contribution in [2.75, 3.05) is 11.9 Å². The number of aromatic nitrogens is 1. The minimum absolute atomic E-state index is 0.726. The number of hydrogen-bond acceptors (Lipinski definition) is 3. The second-order valence-corrected chi connectivity index (χ2v) is 4.24. The van der Waals surface area contributed by atoms with Crippen LogP contribution < -0.4 is 5.32 Å². The fourth-order valence-corrected chi connectivity index (χ4v) is 1.74. The molecule has 2 aromatic rings. The van der Waals surface area contributed by atoms with Crippen molar-refractivity contribution in [1.82, 2.24) is 4.98 Å². The zero-order valence-corrected chi connectivity index (χ0v) is 8.79. The number of nitrogens with zero attached hydrogens (tertiary/aromatic N) is 1. The van der Waals surface area contributed by atoms with Crippen molar-refractivity contribution in [1.29, 1.82) is 0 Å².